The second kappa shape index (κ2) is 7.26. The zero-order valence-electron chi connectivity index (χ0n) is 16.6. The Balaban J connectivity index is 1.71. The summed E-state index contributed by atoms with van der Waals surface area (Å²) in [5.41, 5.74) is 0.729. The van der Waals surface area contributed by atoms with Gasteiger partial charge in [0.25, 0.3) is 5.91 Å². The normalized spacial score (nSPS) is 19.7. The fourth-order valence-corrected chi connectivity index (χ4v) is 3.21. The van der Waals surface area contributed by atoms with Crippen LogP contribution in [0.15, 0.2) is 48.5 Å². The Morgan fingerprint density at radius 3 is 2.32 bits per heavy atom. The van der Waals surface area contributed by atoms with Gasteiger partial charge in [-0.25, -0.2) is 9.18 Å². The molecule has 1 saturated heterocycles. The molecule has 2 aromatic carbocycles. The Morgan fingerprint density at radius 1 is 1.07 bits per heavy atom. The number of imide groups is 1. The Hall–Kier alpha value is -2.89. The standard InChI is InChI=1S/C22H25FN2O3/c1-21(2,3)15-9-11-16(12-10-15)22(4)19(26)25(20(27)24-22)13-14-28-18-8-6-5-7-17(18)23/h5-12H,13-14H2,1-4H3,(H,24,27). The third-order valence-corrected chi connectivity index (χ3v) is 5.01. The van der Waals surface area contributed by atoms with Crippen molar-refractivity contribution in [1.82, 2.24) is 10.2 Å². The summed E-state index contributed by atoms with van der Waals surface area (Å²) in [4.78, 5) is 26.4. The van der Waals surface area contributed by atoms with E-state index < -0.39 is 17.4 Å². The summed E-state index contributed by atoms with van der Waals surface area (Å²) in [6.07, 6.45) is 0. The van der Waals surface area contributed by atoms with Crippen LogP contribution in [0, 0.1) is 5.82 Å². The van der Waals surface area contributed by atoms with Gasteiger partial charge in [-0.1, -0.05) is 57.2 Å². The van der Waals surface area contributed by atoms with Crippen molar-refractivity contribution in [3.05, 3.63) is 65.5 Å². The van der Waals surface area contributed by atoms with Crippen molar-refractivity contribution in [2.45, 2.75) is 38.6 Å². The van der Waals surface area contributed by atoms with Crippen LogP contribution in [0.5, 0.6) is 5.75 Å². The first kappa shape index (κ1) is 19.9. The average molecular weight is 384 g/mol. The molecule has 0 spiro atoms. The van der Waals surface area contributed by atoms with Gasteiger partial charge in [-0.3, -0.25) is 9.69 Å². The monoisotopic (exact) mass is 384 g/mol. The summed E-state index contributed by atoms with van der Waals surface area (Å²) in [6.45, 7) is 8.08. The lowest BCUT2D eigenvalue weighted by Gasteiger charge is -2.24. The summed E-state index contributed by atoms with van der Waals surface area (Å²) in [6, 6.07) is 13.2. The van der Waals surface area contributed by atoms with E-state index in [1.165, 1.54) is 12.1 Å². The maximum atomic E-state index is 13.6. The number of carbonyl (C=O) groups is 2. The Bertz CT molecular complexity index is 889. The van der Waals surface area contributed by atoms with Crippen LogP contribution in [0.2, 0.25) is 0 Å². The quantitative estimate of drug-likeness (QED) is 0.794. The molecule has 0 saturated carbocycles. The molecule has 1 fully saturated rings. The number of rotatable bonds is 5. The van der Waals surface area contributed by atoms with E-state index in [0.717, 1.165) is 16.0 Å². The van der Waals surface area contributed by atoms with Crippen molar-refractivity contribution in [2.24, 2.45) is 0 Å². The number of carbonyl (C=O) groups excluding carboxylic acids is 2. The smallest absolute Gasteiger partial charge is 0.325 e. The molecule has 3 rings (SSSR count). The molecule has 1 aliphatic rings. The molecule has 1 atom stereocenters. The zero-order valence-corrected chi connectivity index (χ0v) is 16.6. The largest absolute Gasteiger partial charge is 0.489 e. The highest BCUT2D eigenvalue weighted by Crippen LogP contribution is 2.31. The third kappa shape index (κ3) is 3.72. The van der Waals surface area contributed by atoms with Crippen LogP contribution in [0.1, 0.15) is 38.8 Å². The molecule has 1 unspecified atom stereocenters. The van der Waals surface area contributed by atoms with Crippen LogP contribution in [-0.4, -0.2) is 30.0 Å². The van der Waals surface area contributed by atoms with E-state index in [2.05, 4.69) is 26.1 Å². The van der Waals surface area contributed by atoms with E-state index in [9.17, 15) is 14.0 Å². The van der Waals surface area contributed by atoms with Crippen LogP contribution in [0.3, 0.4) is 0 Å². The van der Waals surface area contributed by atoms with Gasteiger partial charge in [0.1, 0.15) is 12.1 Å². The highest BCUT2D eigenvalue weighted by Gasteiger charge is 2.48. The van der Waals surface area contributed by atoms with Gasteiger partial charge in [0, 0.05) is 0 Å². The Morgan fingerprint density at radius 2 is 1.71 bits per heavy atom. The van der Waals surface area contributed by atoms with Crippen LogP contribution >= 0.6 is 0 Å². The number of nitrogens with one attached hydrogen (secondary N) is 1. The number of benzene rings is 2. The molecule has 0 aromatic heterocycles. The predicted molar refractivity (Wildman–Crippen MR) is 105 cm³/mol. The van der Waals surface area contributed by atoms with E-state index >= 15 is 0 Å². The molecule has 1 N–H and O–H groups in total. The minimum atomic E-state index is -1.13. The molecule has 28 heavy (non-hydrogen) atoms. The Kier molecular flexibility index (Phi) is 5.15. The van der Waals surface area contributed by atoms with Crippen molar-refractivity contribution < 1.29 is 18.7 Å². The van der Waals surface area contributed by atoms with E-state index in [0.29, 0.717) is 0 Å². The van der Waals surface area contributed by atoms with Crippen molar-refractivity contribution in [3.63, 3.8) is 0 Å². The van der Waals surface area contributed by atoms with Gasteiger partial charge in [-0.15, -0.1) is 0 Å². The lowest BCUT2D eigenvalue weighted by molar-refractivity contribution is -0.131. The van der Waals surface area contributed by atoms with Crippen LogP contribution in [0.4, 0.5) is 9.18 Å². The molecule has 0 aliphatic carbocycles. The van der Waals surface area contributed by atoms with Crippen molar-refractivity contribution in [3.8, 4) is 5.75 Å². The number of nitrogens with zero attached hydrogens (tertiary/aromatic N) is 1. The molecule has 3 amide bonds. The molecule has 6 heteroatoms. The van der Waals surface area contributed by atoms with Crippen molar-refractivity contribution in [2.75, 3.05) is 13.2 Å². The zero-order chi connectivity index (χ0) is 20.5. The minimum Gasteiger partial charge on any atom is -0.489 e. The Labute approximate surface area is 164 Å². The summed E-state index contributed by atoms with van der Waals surface area (Å²) < 4.78 is 19.0. The second-order valence-electron chi connectivity index (χ2n) is 8.12. The maximum absolute atomic E-state index is 13.6. The van der Waals surface area contributed by atoms with E-state index in [1.54, 1.807) is 19.1 Å². The first-order chi connectivity index (χ1) is 13.1. The molecule has 1 heterocycles. The number of urea groups is 1. The number of ether oxygens (including phenoxy) is 1. The highest BCUT2D eigenvalue weighted by molar-refractivity contribution is 6.07. The number of para-hydroxylation sites is 1. The van der Waals surface area contributed by atoms with Gasteiger partial charge in [0.05, 0.1) is 6.54 Å². The molecule has 148 valence electrons. The number of hydrogen-bond donors (Lipinski definition) is 1. The van der Waals surface area contributed by atoms with Gasteiger partial charge >= 0.3 is 6.03 Å². The molecule has 0 radical (unpaired) electrons. The minimum absolute atomic E-state index is 0.00153. The van der Waals surface area contributed by atoms with E-state index in [4.69, 9.17) is 4.74 Å². The lowest BCUT2D eigenvalue weighted by atomic mass is 9.84. The van der Waals surface area contributed by atoms with Gasteiger partial charge in [-0.2, -0.15) is 0 Å². The van der Waals surface area contributed by atoms with Gasteiger partial charge in [0.2, 0.25) is 0 Å². The topological polar surface area (TPSA) is 58.6 Å². The molecular weight excluding hydrogens is 359 g/mol. The lowest BCUT2D eigenvalue weighted by Crippen LogP contribution is -2.41. The van der Waals surface area contributed by atoms with Crippen molar-refractivity contribution in [1.29, 1.82) is 0 Å². The van der Waals surface area contributed by atoms with Crippen LogP contribution in [0.25, 0.3) is 0 Å². The van der Waals surface area contributed by atoms with Gasteiger partial charge in [-0.05, 0) is 35.6 Å². The molecule has 2 aromatic rings. The fraction of sp³-hybridized carbons (Fsp3) is 0.364. The first-order valence-corrected chi connectivity index (χ1v) is 9.25. The van der Waals surface area contributed by atoms with E-state index in [-0.39, 0.29) is 30.2 Å². The summed E-state index contributed by atoms with van der Waals surface area (Å²) in [5.74, 6) is -0.739. The maximum Gasteiger partial charge on any atom is 0.325 e. The molecule has 0 bridgehead atoms. The van der Waals surface area contributed by atoms with Crippen LogP contribution in [-0.2, 0) is 15.7 Å². The molecular formula is C22H25FN2O3. The molecule has 1 aliphatic heterocycles. The summed E-state index contributed by atoms with van der Waals surface area (Å²) in [7, 11) is 0. The average Bonchev–Trinajstić information content (AvgIpc) is 2.86. The third-order valence-electron chi connectivity index (χ3n) is 5.01. The highest BCUT2D eigenvalue weighted by atomic mass is 19.1. The second-order valence-corrected chi connectivity index (χ2v) is 8.12. The summed E-state index contributed by atoms with van der Waals surface area (Å²) in [5, 5.41) is 2.77. The van der Waals surface area contributed by atoms with Gasteiger partial charge < -0.3 is 10.1 Å². The van der Waals surface area contributed by atoms with E-state index in [1.807, 2.05) is 24.3 Å². The van der Waals surface area contributed by atoms with Gasteiger partial charge in [0.15, 0.2) is 11.6 Å². The first-order valence-electron chi connectivity index (χ1n) is 9.25. The molecule has 5 nitrogen and oxygen atoms in total. The van der Waals surface area contributed by atoms with Crippen molar-refractivity contribution >= 4 is 11.9 Å². The number of amides is 3. The number of halogens is 1. The van der Waals surface area contributed by atoms with Crippen LogP contribution < -0.4 is 10.1 Å². The number of hydrogen-bond acceptors (Lipinski definition) is 3. The predicted octanol–water partition coefficient (Wildman–Crippen LogP) is 3.97. The summed E-state index contributed by atoms with van der Waals surface area (Å²) >= 11 is 0. The SMILES string of the molecule is CC(C)(C)c1ccc(C2(C)NC(=O)N(CCOc3ccccc3F)C2=O)cc1. The fourth-order valence-electron chi connectivity index (χ4n) is 3.21.